The zero-order valence-corrected chi connectivity index (χ0v) is 18.4. The minimum Gasteiger partial charge on any atom is -0.393 e. The molecule has 1 fully saturated rings. The summed E-state index contributed by atoms with van der Waals surface area (Å²) in [6, 6.07) is 4.79. The smallest absolute Gasteiger partial charge is 0.393 e. The van der Waals surface area contributed by atoms with Gasteiger partial charge in [0.15, 0.2) is 5.13 Å². The van der Waals surface area contributed by atoms with E-state index >= 15 is 0 Å². The zero-order chi connectivity index (χ0) is 22.3. The lowest BCUT2D eigenvalue weighted by Crippen LogP contribution is -2.43. The van der Waals surface area contributed by atoms with Crippen molar-refractivity contribution in [3.8, 4) is 10.6 Å². The Kier molecular flexibility index (Phi) is 5.89. The maximum atomic E-state index is 13.1. The number of carbonyl (C=O) groups excluding carboxylic acids is 1. The van der Waals surface area contributed by atoms with Crippen molar-refractivity contribution in [3.05, 3.63) is 51.5 Å². The van der Waals surface area contributed by atoms with E-state index < -0.39 is 17.8 Å². The van der Waals surface area contributed by atoms with Crippen LogP contribution in [0.25, 0.3) is 10.6 Å². The maximum absolute atomic E-state index is 13.1. The van der Waals surface area contributed by atoms with Crippen molar-refractivity contribution in [2.45, 2.75) is 45.5 Å². The minimum atomic E-state index is -4.41. The molecule has 10 heteroatoms. The number of amides is 1. The predicted molar refractivity (Wildman–Crippen MR) is 114 cm³/mol. The molecule has 3 aromatic rings. The molecule has 1 aliphatic rings. The lowest BCUT2D eigenvalue weighted by atomic mass is 9.81. The third-order valence-corrected chi connectivity index (χ3v) is 7.17. The van der Waals surface area contributed by atoms with Gasteiger partial charge in [-0.25, -0.2) is 9.97 Å². The van der Waals surface area contributed by atoms with E-state index in [0.29, 0.717) is 23.5 Å². The number of halogens is 3. The minimum absolute atomic E-state index is 0.108. The Labute approximate surface area is 185 Å². The van der Waals surface area contributed by atoms with Gasteiger partial charge in [-0.15, -0.1) is 22.7 Å². The Morgan fingerprint density at radius 3 is 2.42 bits per heavy atom. The van der Waals surface area contributed by atoms with Crippen LogP contribution in [0.1, 0.15) is 34.7 Å². The van der Waals surface area contributed by atoms with Crippen molar-refractivity contribution in [2.24, 2.45) is 5.92 Å². The van der Waals surface area contributed by atoms with Crippen LogP contribution in [0.5, 0.6) is 0 Å². The number of aliphatic hydroxyl groups excluding tert-OH is 1. The van der Waals surface area contributed by atoms with Crippen molar-refractivity contribution in [2.75, 3.05) is 4.90 Å². The second-order valence-electron chi connectivity index (χ2n) is 7.60. The highest BCUT2D eigenvalue weighted by atomic mass is 32.1. The molecule has 1 N–H and O–H groups in total. The van der Waals surface area contributed by atoms with Gasteiger partial charge in [-0.2, -0.15) is 13.2 Å². The summed E-state index contributed by atoms with van der Waals surface area (Å²) in [6.07, 6.45) is -4.14. The van der Waals surface area contributed by atoms with Crippen LogP contribution >= 0.6 is 22.7 Å². The number of aromatic nitrogens is 2. The Morgan fingerprint density at radius 2 is 1.87 bits per heavy atom. The standard InChI is InChI=1S/C21H20F3N3O2S2/c1-11-18(31-12(2)25-11)17-10-30-20(26-17)27(19(29)14-7-16(28)8-14)9-13-3-5-15(6-4-13)21(22,23)24/h3-6,10,14,16,28H,7-9H2,1-2H3/t14-,16-. The maximum Gasteiger partial charge on any atom is 0.416 e. The fourth-order valence-corrected chi connectivity index (χ4v) is 5.27. The van der Waals surface area contributed by atoms with Gasteiger partial charge in [0, 0.05) is 11.3 Å². The van der Waals surface area contributed by atoms with Gasteiger partial charge < -0.3 is 5.11 Å². The fraction of sp³-hybridized carbons (Fsp3) is 0.381. The van der Waals surface area contributed by atoms with Crippen LogP contribution < -0.4 is 4.90 Å². The van der Waals surface area contributed by atoms with Crippen molar-refractivity contribution in [1.29, 1.82) is 0 Å². The third-order valence-electron chi connectivity index (χ3n) is 5.21. The number of alkyl halides is 3. The molecule has 0 bridgehead atoms. The molecule has 164 valence electrons. The van der Waals surface area contributed by atoms with Crippen molar-refractivity contribution >= 4 is 33.7 Å². The number of hydrogen-bond acceptors (Lipinski definition) is 6. The summed E-state index contributed by atoms with van der Waals surface area (Å²) in [6.45, 7) is 3.92. The molecule has 2 aromatic heterocycles. The molecular weight excluding hydrogens is 447 g/mol. The second kappa shape index (κ2) is 8.33. The Hall–Kier alpha value is -2.30. The average molecular weight is 468 g/mol. The van der Waals surface area contributed by atoms with E-state index in [2.05, 4.69) is 9.97 Å². The van der Waals surface area contributed by atoms with Gasteiger partial charge >= 0.3 is 6.18 Å². The van der Waals surface area contributed by atoms with Crippen LogP contribution in [0.4, 0.5) is 18.3 Å². The topological polar surface area (TPSA) is 66.3 Å². The van der Waals surface area contributed by atoms with Crippen LogP contribution in [0, 0.1) is 19.8 Å². The Morgan fingerprint density at radius 1 is 1.19 bits per heavy atom. The first-order valence-electron chi connectivity index (χ1n) is 9.67. The predicted octanol–water partition coefficient (Wildman–Crippen LogP) is 5.21. The van der Waals surface area contributed by atoms with E-state index in [0.717, 1.165) is 33.4 Å². The first kappa shape index (κ1) is 21.9. The highest BCUT2D eigenvalue weighted by molar-refractivity contribution is 7.16. The molecule has 0 saturated heterocycles. The molecular formula is C21H20F3N3O2S2. The van der Waals surface area contributed by atoms with Gasteiger partial charge in [-0.1, -0.05) is 12.1 Å². The average Bonchev–Trinajstić information content (AvgIpc) is 3.28. The van der Waals surface area contributed by atoms with Crippen LogP contribution in [-0.4, -0.2) is 27.1 Å². The molecule has 0 spiro atoms. The number of rotatable bonds is 5. The van der Waals surface area contributed by atoms with Gasteiger partial charge in [0.25, 0.3) is 0 Å². The third kappa shape index (κ3) is 4.65. The lowest BCUT2D eigenvalue weighted by molar-refractivity contribution is -0.137. The summed E-state index contributed by atoms with van der Waals surface area (Å²) < 4.78 is 38.6. The van der Waals surface area contributed by atoms with Crippen molar-refractivity contribution in [3.63, 3.8) is 0 Å². The van der Waals surface area contributed by atoms with E-state index in [1.165, 1.54) is 39.7 Å². The number of carbonyl (C=O) groups is 1. The highest BCUT2D eigenvalue weighted by Crippen LogP contribution is 2.37. The van der Waals surface area contributed by atoms with E-state index in [4.69, 9.17) is 0 Å². The largest absolute Gasteiger partial charge is 0.416 e. The number of anilines is 1. The van der Waals surface area contributed by atoms with E-state index in [1.807, 2.05) is 19.2 Å². The normalized spacial score (nSPS) is 18.6. The van der Waals surface area contributed by atoms with Crippen LogP contribution in [-0.2, 0) is 17.5 Å². The lowest BCUT2D eigenvalue weighted by Gasteiger charge is -2.34. The molecule has 1 saturated carbocycles. The van der Waals surface area contributed by atoms with E-state index in [1.54, 1.807) is 0 Å². The first-order chi connectivity index (χ1) is 14.6. The zero-order valence-electron chi connectivity index (χ0n) is 16.8. The molecule has 0 radical (unpaired) electrons. The summed E-state index contributed by atoms with van der Waals surface area (Å²) in [5.41, 5.74) is 1.43. The monoisotopic (exact) mass is 467 g/mol. The number of aliphatic hydroxyl groups is 1. The molecule has 1 aromatic carbocycles. The second-order valence-corrected chi connectivity index (χ2v) is 9.64. The van der Waals surface area contributed by atoms with Gasteiger partial charge in [-0.3, -0.25) is 9.69 Å². The number of aryl methyl sites for hydroxylation is 2. The van der Waals surface area contributed by atoms with Gasteiger partial charge in [0.2, 0.25) is 5.91 Å². The van der Waals surface area contributed by atoms with Crippen LogP contribution in [0.3, 0.4) is 0 Å². The number of benzene rings is 1. The Balaban J connectivity index is 1.62. The summed E-state index contributed by atoms with van der Waals surface area (Å²) in [5.74, 6) is -0.493. The fourth-order valence-electron chi connectivity index (χ4n) is 3.49. The summed E-state index contributed by atoms with van der Waals surface area (Å²) in [4.78, 5) is 24.6. The van der Waals surface area contributed by atoms with Crippen molar-refractivity contribution in [1.82, 2.24) is 9.97 Å². The van der Waals surface area contributed by atoms with Gasteiger partial charge in [0.1, 0.15) is 0 Å². The van der Waals surface area contributed by atoms with E-state index in [9.17, 15) is 23.1 Å². The molecule has 2 heterocycles. The molecule has 0 atom stereocenters. The number of thiazole rings is 2. The quantitative estimate of drug-likeness (QED) is 0.560. The molecule has 0 unspecified atom stereocenters. The number of hydrogen-bond donors (Lipinski definition) is 1. The molecule has 0 aliphatic heterocycles. The summed E-state index contributed by atoms with van der Waals surface area (Å²) >= 11 is 2.83. The summed E-state index contributed by atoms with van der Waals surface area (Å²) in [5, 5.41) is 12.9. The van der Waals surface area contributed by atoms with Crippen LogP contribution in [0.15, 0.2) is 29.6 Å². The first-order valence-corrected chi connectivity index (χ1v) is 11.4. The molecule has 5 nitrogen and oxygen atoms in total. The summed E-state index contributed by atoms with van der Waals surface area (Å²) in [7, 11) is 0. The van der Waals surface area contributed by atoms with Crippen LogP contribution in [0.2, 0.25) is 0 Å². The Bertz CT molecular complexity index is 1090. The molecule has 1 aliphatic carbocycles. The van der Waals surface area contributed by atoms with E-state index in [-0.39, 0.29) is 18.4 Å². The molecule has 1 amide bonds. The SMILES string of the molecule is Cc1nc(C)c(-c2csc(N(Cc3ccc(C(F)(F)F)cc3)C(=O)[C@H]3C[C@H](O)C3)n2)s1. The van der Waals surface area contributed by atoms with Crippen molar-refractivity contribution < 1.29 is 23.1 Å². The van der Waals surface area contributed by atoms with Gasteiger partial charge in [-0.05, 0) is 44.4 Å². The molecule has 4 rings (SSSR count). The highest BCUT2D eigenvalue weighted by Gasteiger charge is 2.37. The number of nitrogens with zero attached hydrogens (tertiary/aromatic N) is 3. The molecule has 31 heavy (non-hydrogen) atoms. The van der Waals surface area contributed by atoms with Gasteiger partial charge in [0.05, 0.1) is 39.5 Å².